The van der Waals surface area contributed by atoms with Crippen LogP contribution in [0.5, 0.6) is 5.75 Å². The third-order valence-electron chi connectivity index (χ3n) is 6.53. The average molecular weight is 479 g/mol. The maximum absolute atomic E-state index is 12.3. The van der Waals surface area contributed by atoms with Crippen LogP contribution in [0.4, 0.5) is 0 Å². The molecule has 0 atom stereocenters. The van der Waals surface area contributed by atoms with Crippen LogP contribution in [-0.4, -0.2) is 36.1 Å². The Kier molecular flexibility index (Phi) is 8.22. The molecule has 3 aromatic rings. The first-order valence-electron chi connectivity index (χ1n) is 11.7. The zero-order valence-corrected chi connectivity index (χ0v) is 20.2. The zero-order chi connectivity index (χ0) is 23.9. The Morgan fingerprint density at radius 1 is 1.03 bits per heavy atom. The van der Waals surface area contributed by atoms with E-state index >= 15 is 0 Å². The zero-order valence-electron chi connectivity index (χ0n) is 19.5. The number of carbonyl (C=O) groups excluding carboxylic acids is 1. The van der Waals surface area contributed by atoms with Gasteiger partial charge in [-0.05, 0) is 78.9 Å². The average Bonchev–Trinajstić information content (AvgIpc) is 2.88. The van der Waals surface area contributed by atoms with Crippen molar-refractivity contribution in [1.82, 2.24) is 10.2 Å². The van der Waals surface area contributed by atoms with Gasteiger partial charge in [-0.1, -0.05) is 48.0 Å². The van der Waals surface area contributed by atoms with Crippen molar-refractivity contribution in [2.75, 3.05) is 20.2 Å². The highest BCUT2D eigenvalue weighted by Gasteiger charge is 2.21. The van der Waals surface area contributed by atoms with Gasteiger partial charge in [-0.3, -0.25) is 9.69 Å². The van der Waals surface area contributed by atoms with Crippen molar-refractivity contribution in [1.29, 1.82) is 0 Å². The molecule has 4 rings (SSSR count). The second-order valence-electron chi connectivity index (χ2n) is 8.79. The van der Waals surface area contributed by atoms with Gasteiger partial charge in [0.05, 0.1) is 13.7 Å². The minimum absolute atomic E-state index is 0.0115. The Morgan fingerprint density at radius 3 is 2.35 bits per heavy atom. The highest BCUT2D eigenvalue weighted by Crippen LogP contribution is 2.29. The van der Waals surface area contributed by atoms with Crippen LogP contribution in [0.1, 0.15) is 51.4 Å². The quantitative estimate of drug-likeness (QED) is 0.470. The smallest absolute Gasteiger partial charge is 0.251 e. The number of carbonyl (C=O) groups is 1. The lowest BCUT2D eigenvalue weighted by molar-refractivity contribution is 0.0951. The molecule has 2 N–H and O–H groups in total. The first-order chi connectivity index (χ1) is 16.6. The van der Waals surface area contributed by atoms with Crippen LogP contribution in [0.15, 0.2) is 66.7 Å². The predicted molar refractivity (Wildman–Crippen MR) is 135 cm³/mol. The fourth-order valence-corrected chi connectivity index (χ4v) is 4.62. The van der Waals surface area contributed by atoms with Crippen LogP contribution in [0.3, 0.4) is 0 Å². The number of piperidine rings is 1. The molecule has 0 saturated carbocycles. The molecular formula is C28H31ClN2O3. The van der Waals surface area contributed by atoms with Crippen molar-refractivity contribution in [3.8, 4) is 5.75 Å². The Bertz CT molecular complexity index is 1090. The summed E-state index contributed by atoms with van der Waals surface area (Å²) in [5.74, 6) is 1.20. The number of ether oxygens (including phenoxy) is 1. The molecule has 0 bridgehead atoms. The van der Waals surface area contributed by atoms with E-state index in [1.807, 2.05) is 12.1 Å². The van der Waals surface area contributed by atoms with E-state index in [4.69, 9.17) is 16.3 Å². The molecule has 34 heavy (non-hydrogen) atoms. The Balaban J connectivity index is 1.26. The summed E-state index contributed by atoms with van der Waals surface area (Å²) in [4.78, 5) is 14.8. The van der Waals surface area contributed by atoms with Gasteiger partial charge in [0.2, 0.25) is 0 Å². The predicted octanol–water partition coefficient (Wildman–Crippen LogP) is 5.15. The highest BCUT2D eigenvalue weighted by atomic mass is 35.5. The Hall–Kier alpha value is -2.86. The molecule has 1 amide bonds. The molecule has 0 unspecified atom stereocenters. The lowest BCUT2D eigenvalue weighted by Gasteiger charge is -2.32. The molecule has 0 aromatic heterocycles. The van der Waals surface area contributed by atoms with E-state index in [-0.39, 0.29) is 12.5 Å². The summed E-state index contributed by atoms with van der Waals surface area (Å²) >= 11 is 5.89. The number of methoxy groups -OCH3 is 1. The minimum Gasteiger partial charge on any atom is -0.496 e. The molecule has 1 aliphatic rings. The summed E-state index contributed by atoms with van der Waals surface area (Å²) in [6.45, 7) is 3.48. The van der Waals surface area contributed by atoms with Gasteiger partial charge in [-0.15, -0.1) is 0 Å². The molecule has 178 valence electrons. The van der Waals surface area contributed by atoms with E-state index in [0.717, 1.165) is 49.4 Å². The summed E-state index contributed by atoms with van der Waals surface area (Å²) in [5.41, 5.74) is 5.08. The van der Waals surface area contributed by atoms with Crippen LogP contribution < -0.4 is 10.1 Å². The molecule has 0 radical (unpaired) electrons. The molecule has 0 spiro atoms. The number of nitrogens with one attached hydrogen (secondary N) is 1. The monoisotopic (exact) mass is 478 g/mol. The van der Waals surface area contributed by atoms with Crippen molar-refractivity contribution in [2.24, 2.45) is 0 Å². The maximum atomic E-state index is 12.3. The summed E-state index contributed by atoms with van der Waals surface area (Å²) in [7, 11) is 1.64. The molecule has 1 heterocycles. The van der Waals surface area contributed by atoms with Gasteiger partial charge in [0.15, 0.2) is 0 Å². The number of hydrogen-bond donors (Lipinski definition) is 2. The lowest BCUT2D eigenvalue weighted by atomic mass is 9.89. The van der Waals surface area contributed by atoms with E-state index in [0.29, 0.717) is 23.0 Å². The lowest BCUT2D eigenvalue weighted by Crippen LogP contribution is -2.32. The van der Waals surface area contributed by atoms with Crippen LogP contribution in [0, 0.1) is 0 Å². The maximum Gasteiger partial charge on any atom is 0.251 e. The number of rotatable bonds is 8. The third kappa shape index (κ3) is 6.17. The highest BCUT2D eigenvalue weighted by molar-refractivity contribution is 6.30. The largest absolute Gasteiger partial charge is 0.496 e. The van der Waals surface area contributed by atoms with Crippen molar-refractivity contribution in [3.63, 3.8) is 0 Å². The molecular weight excluding hydrogens is 448 g/mol. The van der Waals surface area contributed by atoms with Crippen molar-refractivity contribution >= 4 is 17.5 Å². The van der Waals surface area contributed by atoms with Crippen LogP contribution >= 0.6 is 11.6 Å². The van der Waals surface area contributed by atoms with Crippen LogP contribution in [-0.2, 0) is 19.7 Å². The minimum atomic E-state index is -0.100. The fourth-order valence-electron chi connectivity index (χ4n) is 4.49. The number of amides is 1. The van der Waals surface area contributed by atoms with E-state index < -0.39 is 0 Å². The van der Waals surface area contributed by atoms with Gasteiger partial charge in [0.1, 0.15) is 5.75 Å². The molecule has 1 saturated heterocycles. The molecule has 1 aliphatic heterocycles. The topological polar surface area (TPSA) is 61.8 Å². The van der Waals surface area contributed by atoms with Gasteiger partial charge in [-0.25, -0.2) is 0 Å². The van der Waals surface area contributed by atoms with Gasteiger partial charge >= 0.3 is 0 Å². The molecule has 6 heteroatoms. The van der Waals surface area contributed by atoms with Gasteiger partial charge in [-0.2, -0.15) is 0 Å². The van der Waals surface area contributed by atoms with E-state index in [1.54, 1.807) is 31.4 Å². The normalized spacial score (nSPS) is 14.7. The summed E-state index contributed by atoms with van der Waals surface area (Å²) in [6.07, 6.45) is 2.25. The Labute approximate surface area is 206 Å². The van der Waals surface area contributed by atoms with Crippen molar-refractivity contribution in [3.05, 3.63) is 99.6 Å². The Morgan fingerprint density at radius 2 is 1.71 bits per heavy atom. The number of benzene rings is 3. The summed E-state index contributed by atoms with van der Waals surface area (Å²) < 4.78 is 5.40. The number of hydrogen-bond acceptors (Lipinski definition) is 4. The van der Waals surface area contributed by atoms with Crippen molar-refractivity contribution < 1.29 is 14.6 Å². The van der Waals surface area contributed by atoms with Gasteiger partial charge < -0.3 is 15.2 Å². The molecule has 3 aromatic carbocycles. The summed E-state index contributed by atoms with van der Waals surface area (Å²) in [6, 6.07) is 21.6. The standard InChI is InChI=1S/C28H31ClN2O3/c1-34-27-16-21(4-7-25(27)19-32)18-31-14-12-23(13-15-31)22-5-2-20(3-6-22)17-30-28(33)24-8-10-26(29)11-9-24/h2-11,16,23,32H,12-15,17-19H2,1H3,(H,30,33). The van der Waals surface area contributed by atoms with Gasteiger partial charge in [0.25, 0.3) is 5.91 Å². The van der Waals surface area contributed by atoms with E-state index in [9.17, 15) is 9.90 Å². The summed E-state index contributed by atoms with van der Waals surface area (Å²) in [5, 5.41) is 13.0. The SMILES string of the molecule is COc1cc(CN2CCC(c3ccc(CNC(=O)c4ccc(Cl)cc4)cc3)CC2)ccc1CO. The molecule has 0 aliphatic carbocycles. The third-order valence-corrected chi connectivity index (χ3v) is 6.78. The number of likely N-dealkylation sites (tertiary alicyclic amines) is 1. The fraction of sp³-hybridized carbons (Fsp3) is 0.321. The van der Waals surface area contributed by atoms with E-state index in [1.165, 1.54) is 11.1 Å². The molecule has 1 fully saturated rings. The first-order valence-corrected chi connectivity index (χ1v) is 12.0. The first kappa shape index (κ1) is 24.3. The second kappa shape index (κ2) is 11.5. The van der Waals surface area contributed by atoms with Crippen LogP contribution in [0.25, 0.3) is 0 Å². The van der Waals surface area contributed by atoms with E-state index in [2.05, 4.69) is 40.5 Å². The molecule has 5 nitrogen and oxygen atoms in total. The second-order valence-corrected chi connectivity index (χ2v) is 9.22. The number of aliphatic hydroxyl groups is 1. The van der Waals surface area contributed by atoms with Crippen LogP contribution in [0.2, 0.25) is 5.02 Å². The number of halogens is 1. The number of nitrogens with zero attached hydrogens (tertiary/aromatic N) is 1. The number of aliphatic hydroxyl groups excluding tert-OH is 1. The van der Waals surface area contributed by atoms with Gasteiger partial charge in [0, 0.05) is 29.2 Å². The van der Waals surface area contributed by atoms with Crippen molar-refractivity contribution in [2.45, 2.75) is 38.5 Å².